The van der Waals surface area contributed by atoms with Gasteiger partial charge in [0.05, 0.1) is 21.0 Å². The monoisotopic (exact) mass is 375 g/mol. The molecule has 1 N–H and O–H groups in total. The van der Waals surface area contributed by atoms with E-state index in [0.29, 0.717) is 5.56 Å². The molecule has 8 heteroatoms. The van der Waals surface area contributed by atoms with Crippen LogP contribution in [0.5, 0.6) is 11.5 Å². The van der Waals surface area contributed by atoms with Crippen molar-refractivity contribution in [1.29, 1.82) is 0 Å². The van der Waals surface area contributed by atoms with Crippen LogP contribution in [0.15, 0.2) is 34.8 Å². The number of ether oxygens (including phenoxy) is 1. The number of nitro groups is 1. The van der Waals surface area contributed by atoms with Crippen LogP contribution in [0.2, 0.25) is 5.02 Å². The molecule has 110 valence electrons. The van der Waals surface area contributed by atoms with Crippen molar-refractivity contribution in [2.24, 2.45) is 0 Å². The average molecular weight is 377 g/mol. The Hall–Kier alpha value is -1.70. The highest BCUT2D eigenvalue weighted by atomic mass is 79.9. The van der Waals surface area contributed by atoms with Gasteiger partial charge in [0.1, 0.15) is 5.82 Å². The number of rotatable bonds is 4. The molecule has 0 radical (unpaired) electrons. The minimum absolute atomic E-state index is 0.0477. The third kappa shape index (κ3) is 3.31. The minimum Gasteiger partial charge on any atom is -0.448 e. The Morgan fingerprint density at radius 1 is 1.43 bits per heavy atom. The SMILES string of the molecule is O=[N+]([O-])c1cc(Br)c(F)cc1Oc1c(Cl)cccc1CO. The van der Waals surface area contributed by atoms with Crippen LogP contribution in [0.4, 0.5) is 10.1 Å². The van der Waals surface area contributed by atoms with Crippen LogP contribution >= 0.6 is 27.5 Å². The van der Waals surface area contributed by atoms with E-state index < -0.39 is 16.4 Å². The molecule has 0 aliphatic carbocycles. The molecule has 0 amide bonds. The topological polar surface area (TPSA) is 72.6 Å². The number of nitro benzene ring substituents is 1. The molecule has 0 bridgehead atoms. The predicted octanol–water partition coefficient (Wildman–Crippen LogP) is 4.43. The van der Waals surface area contributed by atoms with Gasteiger partial charge in [0, 0.05) is 17.7 Å². The molecule has 0 heterocycles. The zero-order valence-electron chi connectivity index (χ0n) is 10.3. The summed E-state index contributed by atoms with van der Waals surface area (Å²) in [5, 5.41) is 20.4. The molecule has 0 aliphatic rings. The lowest BCUT2D eigenvalue weighted by atomic mass is 10.2. The fourth-order valence-electron chi connectivity index (χ4n) is 1.64. The smallest absolute Gasteiger partial charge is 0.312 e. The maximum atomic E-state index is 13.6. The first kappa shape index (κ1) is 15.7. The maximum Gasteiger partial charge on any atom is 0.312 e. The quantitative estimate of drug-likeness (QED) is 0.633. The zero-order valence-corrected chi connectivity index (χ0v) is 12.7. The molecule has 0 aromatic heterocycles. The van der Waals surface area contributed by atoms with Crippen LogP contribution in [0.1, 0.15) is 5.56 Å². The van der Waals surface area contributed by atoms with Gasteiger partial charge in [0.25, 0.3) is 0 Å². The first-order valence-corrected chi connectivity index (χ1v) is 6.80. The molecule has 0 spiro atoms. The molecule has 0 saturated heterocycles. The van der Waals surface area contributed by atoms with E-state index >= 15 is 0 Å². The van der Waals surface area contributed by atoms with Crippen LogP contribution in [-0.4, -0.2) is 10.0 Å². The number of nitrogens with zero attached hydrogens (tertiary/aromatic N) is 1. The number of hydrogen-bond acceptors (Lipinski definition) is 4. The number of hydrogen-bond donors (Lipinski definition) is 1. The second kappa shape index (κ2) is 6.38. The highest BCUT2D eigenvalue weighted by Gasteiger charge is 2.21. The van der Waals surface area contributed by atoms with Crippen molar-refractivity contribution in [3.8, 4) is 11.5 Å². The van der Waals surface area contributed by atoms with Gasteiger partial charge in [-0.15, -0.1) is 0 Å². The number of aliphatic hydroxyl groups excluding tert-OH is 1. The summed E-state index contributed by atoms with van der Waals surface area (Å²) in [7, 11) is 0. The van der Waals surface area contributed by atoms with Crippen LogP contribution in [0, 0.1) is 15.9 Å². The second-order valence-corrected chi connectivity index (χ2v) is 5.24. The lowest BCUT2D eigenvalue weighted by Crippen LogP contribution is -1.98. The first-order valence-electron chi connectivity index (χ1n) is 5.63. The lowest BCUT2D eigenvalue weighted by molar-refractivity contribution is -0.385. The summed E-state index contributed by atoms with van der Waals surface area (Å²) >= 11 is 8.83. The second-order valence-electron chi connectivity index (χ2n) is 3.98. The first-order chi connectivity index (χ1) is 9.93. The molecule has 0 unspecified atom stereocenters. The largest absolute Gasteiger partial charge is 0.448 e. The Morgan fingerprint density at radius 3 is 2.76 bits per heavy atom. The summed E-state index contributed by atoms with van der Waals surface area (Å²) in [5.41, 5.74) is -0.0905. The molecule has 0 atom stereocenters. The van der Waals surface area contributed by atoms with Crippen molar-refractivity contribution >= 4 is 33.2 Å². The highest BCUT2D eigenvalue weighted by molar-refractivity contribution is 9.10. The van der Waals surface area contributed by atoms with Crippen molar-refractivity contribution in [1.82, 2.24) is 0 Å². The summed E-state index contributed by atoms with van der Waals surface area (Å²) in [4.78, 5) is 10.3. The van der Waals surface area contributed by atoms with E-state index in [1.165, 1.54) is 6.07 Å². The lowest BCUT2D eigenvalue weighted by Gasteiger charge is -2.12. The van der Waals surface area contributed by atoms with Crippen molar-refractivity contribution in [2.75, 3.05) is 0 Å². The van der Waals surface area contributed by atoms with Crippen molar-refractivity contribution in [3.63, 3.8) is 0 Å². The minimum atomic E-state index is -0.715. The number of para-hydroxylation sites is 1. The van der Waals surface area contributed by atoms with Gasteiger partial charge in [-0.3, -0.25) is 10.1 Å². The van der Waals surface area contributed by atoms with Crippen LogP contribution < -0.4 is 4.74 Å². The van der Waals surface area contributed by atoms with Gasteiger partial charge in [-0.25, -0.2) is 4.39 Å². The Bertz CT molecular complexity index is 711. The van der Waals surface area contributed by atoms with Crippen molar-refractivity contribution in [3.05, 3.63) is 61.3 Å². The van der Waals surface area contributed by atoms with Crippen molar-refractivity contribution < 1.29 is 19.2 Å². The summed E-state index contributed by atoms with van der Waals surface area (Å²) < 4.78 is 18.9. The third-order valence-electron chi connectivity index (χ3n) is 2.63. The van der Waals surface area contributed by atoms with E-state index in [1.54, 1.807) is 12.1 Å². The van der Waals surface area contributed by atoms with Crippen molar-refractivity contribution in [2.45, 2.75) is 6.61 Å². The molecular formula is C13H8BrClFNO4. The van der Waals surface area contributed by atoms with Gasteiger partial charge in [-0.1, -0.05) is 23.7 Å². The Labute approximate surface area is 132 Å². The standard InChI is InChI=1S/C13H8BrClFNO4/c14-8-4-11(17(19)20)12(5-10(8)16)21-13-7(6-18)2-1-3-9(13)15/h1-5,18H,6H2. The molecule has 0 saturated carbocycles. The maximum absolute atomic E-state index is 13.6. The Balaban J connectivity index is 2.54. The normalized spacial score (nSPS) is 10.5. The molecule has 2 rings (SSSR count). The van der Waals surface area contributed by atoms with Gasteiger partial charge in [-0.2, -0.15) is 0 Å². The fraction of sp³-hybridized carbons (Fsp3) is 0.0769. The summed E-state index contributed by atoms with van der Waals surface area (Å²) in [6.07, 6.45) is 0. The molecular weight excluding hydrogens is 369 g/mol. The van der Waals surface area contributed by atoms with Gasteiger partial charge >= 0.3 is 5.69 Å². The fourth-order valence-corrected chi connectivity index (χ4v) is 2.21. The molecule has 0 fully saturated rings. The number of halogens is 3. The van der Waals surface area contributed by atoms with Gasteiger partial charge in [0.15, 0.2) is 5.75 Å². The Morgan fingerprint density at radius 2 is 2.14 bits per heavy atom. The van der Waals surface area contributed by atoms with E-state index in [-0.39, 0.29) is 27.6 Å². The zero-order chi connectivity index (χ0) is 15.6. The molecule has 21 heavy (non-hydrogen) atoms. The van der Waals surface area contributed by atoms with E-state index in [9.17, 15) is 19.6 Å². The van der Waals surface area contributed by atoms with E-state index in [2.05, 4.69) is 15.9 Å². The predicted molar refractivity (Wildman–Crippen MR) is 78.2 cm³/mol. The summed E-state index contributed by atoms with van der Waals surface area (Å²) in [6, 6.07) is 6.52. The molecule has 5 nitrogen and oxygen atoms in total. The molecule has 2 aromatic carbocycles. The Kier molecular flexibility index (Phi) is 4.76. The van der Waals surface area contributed by atoms with E-state index in [0.717, 1.165) is 12.1 Å². The van der Waals surface area contributed by atoms with E-state index in [4.69, 9.17) is 16.3 Å². The number of benzene rings is 2. The third-order valence-corrected chi connectivity index (χ3v) is 3.53. The number of aliphatic hydroxyl groups is 1. The van der Waals surface area contributed by atoms with Crippen LogP contribution in [-0.2, 0) is 6.61 Å². The summed E-state index contributed by atoms with van der Waals surface area (Å²) in [5.74, 6) is -0.969. The van der Waals surface area contributed by atoms with E-state index in [1.807, 2.05) is 0 Å². The summed E-state index contributed by atoms with van der Waals surface area (Å²) in [6.45, 7) is -0.372. The average Bonchev–Trinajstić information content (AvgIpc) is 2.44. The highest BCUT2D eigenvalue weighted by Crippen LogP contribution is 2.39. The van der Waals surface area contributed by atoms with Gasteiger partial charge in [-0.05, 0) is 22.0 Å². The molecule has 0 aliphatic heterocycles. The van der Waals surface area contributed by atoms with Crippen LogP contribution in [0.3, 0.4) is 0 Å². The van der Waals surface area contributed by atoms with Gasteiger partial charge < -0.3 is 9.84 Å². The molecule has 2 aromatic rings. The van der Waals surface area contributed by atoms with Gasteiger partial charge in [0.2, 0.25) is 5.75 Å². The van der Waals surface area contributed by atoms with Crippen LogP contribution in [0.25, 0.3) is 0 Å².